The quantitative estimate of drug-likeness (QED) is 0.0216. The van der Waals surface area contributed by atoms with Gasteiger partial charge < -0.3 is 50.5 Å². The molecule has 1 saturated heterocycles. The number of hydrogen-bond acceptors (Lipinski definition) is 10. The van der Waals surface area contributed by atoms with E-state index in [9.17, 15) is 40.5 Å². The van der Waals surface area contributed by atoms with Crippen LogP contribution in [0.5, 0.6) is 0 Å². The molecule has 1 aliphatic rings. The minimum atomic E-state index is -1.67. The Morgan fingerprint density at radius 1 is 0.531 bits per heavy atom. The minimum absolute atomic E-state index is 0.247. The van der Waals surface area contributed by atoms with Gasteiger partial charge in [-0.15, -0.1) is 0 Å². The summed E-state index contributed by atoms with van der Waals surface area (Å²) in [6.07, 6.45) is 38.3. The largest absolute Gasteiger partial charge is 0.394 e. The highest BCUT2D eigenvalue weighted by Crippen LogP contribution is 2.23. The molecule has 64 heavy (non-hydrogen) atoms. The Bertz CT molecular complexity index is 1090. The van der Waals surface area contributed by atoms with E-state index in [0.717, 1.165) is 38.5 Å². The second-order valence-electron chi connectivity index (χ2n) is 18.9. The van der Waals surface area contributed by atoms with Crippen molar-refractivity contribution in [2.45, 2.75) is 294 Å². The average molecular weight is 912 g/mol. The summed E-state index contributed by atoms with van der Waals surface area (Å²) >= 11 is 0. The summed E-state index contributed by atoms with van der Waals surface area (Å²) in [5, 5.41) is 75.7. The molecule has 0 spiro atoms. The van der Waals surface area contributed by atoms with Crippen molar-refractivity contribution in [3.8, 4) is 0 Å². The van der Waals surface area contributed by atoms with E-state index in [4.69, 9.17) is 9.47 Å². The van der Waals surface area contributed by atoms with Gasteiger partial charge in [0, 0.05) is 0 Å². The molecular formula is C53H101NO10. The molecule has 1 rings (SSSR count). The standard InChI is InChI=1S/C53H101NO10/c1-3-5-7-9-11-13-15-16-17-18-19-20-21-22-23-24-25-26-27-28-29-31-33-35-37-39-41-46(57)52(62)54-44(43-63-53-51(61)50(60)49(59)47(42-55)64-53)48(58)45(56)40-38-36-34-32-30-14-12-10-8-6-4-2/h10,12,32,34,44-51,53,55-61H,3-9,11,13-31,33,35-43H2,1-2H3,(H,54,62)/b12-10+,34-32+. The van der Waals surface area contributed by atoms with Crippen molar-refractivity contribution in [2.75, 3.05) is 13.2 Å². The van der Waals surface area contributed by atoms with Crippen LogP contribution in [-0.2, 0) is 14.3 Å². The molecule has 1 heterocycles. The molecule has 0 aromatic rings. The molecule has 0 aromatic heterocycles. The molecule has 9 unspecified atom stereocenters. The number of allylic oxidation sites excluding steroid dienone is 4. The van der Waals surface area contributed by atoms with Crippen LogP contribution in [0, 0.1) is 0 Å². The molecule has 0 bridgehead atoms. The van der Waals surface area contributed by atoms with Gasteiger partial charge in [-0.3, -0.25) is 4.79 Å². The first kappa shape index (κ1) is 60.6. The smallest absolute Gasteiger partial charge is 0.249 e. The van der Waals surface area contributed by atoms with Gasteiger partial charge in [0.05, 0.1) is 25.4 Å². The molecule has 0 radical (unpaired) electrons. The van der Waals surface area contributed by atoms with Crippen molar-refractivity contribution < 1.29 is 50.0 Å². The number of ether oxygens (including phenoxy) is 2. The fourth-order valence-corrected chi connectivity index (χ4v) is 8.56. The summed E-state index contributed by atoms with van der Waals surface area (Å²) in [6.45, 7) is 3.38. The molecule has 0 aliphatic carbocycles. The predicted octanol–water partition coefficient (Wildman–Crippen LogP) is 10.2. The van der Waals surface area contributed by atoms with Crippen molar-refractivity contribution in [2.24, 2.45) is 0 Å². The van der Waals surface area contributed by atoms with Crippen LogP contribution in [0.1, 0.15) is 239 Å². The van der Waals surface area contributed by atoms with Crippen molar-refractivity contribution in [1.82, 2.24) is 5.32 Å². The van der Waals surface area contributed by atoms with Crippen LogP contribution in [-0.4, -0.2) is 110 Å². The van der Waals surface area contributed by atoms with Crippen molar-refractivity contribution in [3.63, 3.8) is 0 Å². The second kappa shape index (κ2) is 42.9. The van der Waals surface area contributed by atoms with Crippen LogP contribution >= 0.6 is 0 Å². The van der Waals surface area contributed by atoms with Gasteiger partial charge in [-0.1, -0.05) is 218 Å². The zero-order valence-electron chi connectivity index (χ0n) is 41.0. The SMILES string of the molecule is CCCC/C=C/CC/C=C/CCCC(O)C(O)C(COC1OC(CO)C(O)C(O)C1O)NC(=O)C(O)CCCCCCCCCCCCCCCCCCCCCCCCCCCC. The molecule has 11 nitrogen and oxygen atoms in total. The maximum atomic E-state index is 13.1. The topological polar surface area (TPSA) is 189 Å². The molecule has 1 aliphatic heterocycles. The maximum Gasteiger partial charge on any atom is 0.249 e. The fourth-order valence-electron chi connectivity index (χ4n) is 8.56. The van der Waals surface area contributed by atoms with E-state index in [-0.39, 0.29) is 12.8 Å². The highest BCUT2D eigenvalue weighted by molar-refractivity contribution is 5.80. The van der Waals surface area contributed by atoms with Crippen LogP contribution in [0.25, 0.3) is 0 Å². The van der Waals surface area contributed by atoms with E-state index in [1.54, 1.807) is 0 Å². The number of carbonyl (C=O) groups excluding carboxylic acids is 1. The summed E-state index contributed by atoms with van der Waals surface area (Å²) in [5.41, 5.74) is 0. The van der Waals surface area contributed by atoms with Crippen LogP contribution in [0.4, 0.5) is 0 Å². The first-order chi connectivity index (χ1) is 31.2. The number of aliphatic hydroxyl groups is 7. The van der Waals surface area contributed by atoms with E-state index < -0.39 is 74.2 Å². The summed E-state index contributed by atoms with van der Waals surface area (Å²) in [5.74, 6) is -0.708. The summed E-state index contributed by atoms with van der Waals surface area (Å²) < 4.78 is 11.1. The lowest BCUT2D eigenvalue weighted by Gasteiger charge is -2.40. The number of amides is 1. The number of carbonyl (C=O) groups is 1. The van der Waals surface area contributed by atoms with Crippen LogP contribution in [0.15, 0.2) is 24.3 Å². The third-order valence-electron chi connectivity index (χ3n) is 13.0. The number of hydrogen-bond donors (Lipinski definition) is 8. The minimum Gasteiger partial charge on any atom is -0.394 e. The highest BCUT2D eigenvalue weighted by Gasteiger charge is 2.44. The molecule has 8 N–H and O–H groups in total. The zero-order valence-corrected chi connectivity index (χ0v) is 41.0. The van der Waals surface area contributed by atoms with Crippen molar-refractivity contribution in [1.29, 1.82) is 0 Å². The van der Waals surface area contributed by atoms with Crippen molar-refractivity contribution in [3.05, 3.63) is 24.3 Å². The average Bonchev–Trinajstić information content (AvgIpc) is 3.29. The number of nitrogens with one attached hydrogen (secondary N) is 1. The van der Waals surface area contributed by atoms with Gasteiger partial charge in [0.25, 0.3) is 0 Å². The Morgan fingerprint density at radius 2 is 0.938 bits per heavy atom. The first-order valence-electron chi connectivity index (χ1n) is 26.7. The fraction of sp³-hybridized carbons (Fsp3) is 0.906. The van der Waals surface area contributed by atoms with Gasteiger partial charge in [-0.05, 0) is 44.9 Å². The molecule has 1 amide bonds. The first-order valence-corrected chi connectivity index (χ1v) is 26.7. The Hall–Kier alpha value is -1.41. The van der Waals surface area contributed by atoms with Gasteiger partial charge in [0.2, 0.25) is 5.91 Å². The second-order valence-corrected chi connectivity index (χ2v) is 18.9. The van der Waals surface area contributed by atoms with Crippen molar-refractivity contribution >= 4 is 5.91 Å². The van der Waals surface area contributed by atoms with Crippen LogP contribution < -0.4 is 5.32 Å². The van der Waals surface area contributed by atoms with Crippen LogP contribution in [0.2, 0.25) is 0 Å². The van der Waals surface area contributed by atoms with E-state index in [0.29, 0.717) is 19.3 Å². The molecule has 378 valence electrons. The van der Waals surface area contributed by atoms with E-state index in [1.165, 1.54) is 154 Å². The molecule has 9 atom stereocenters. The lowest BCUT2D eigenvalue weighted by atomic mass is 9.98. The predicted molar refractivity (Wildman–Crippen MR) is 261 cm³/mol. The molecule has 11 heteroatoms. The Balaban J connectivity index is 2.27. The molecular weight excluding hydrogens is 811 g/mol. The Kier molecular flexibility index (Phi) is 40.6. The highest BCUT2D eigenvalue weighted by atomic mass is 16.7. The third kappa shape index (κ3) is 31.5. The monoisotopic (exact) mass is 912 g/mol. The van der Waals surface area contributed by atoms with Crippen LogP contribution in [0.3, 0.4) is 0 Å². The maximum absolute atomic E-state index is 13.1. The summed E-state index contributed by atoms with van der Waals surface area (Å²) in [4.78, 5) is 13.1. The number of unbranched alkanes of at least 4 members (excludes halogenated alkanes) is 29. The Labute approximate surface area is 391 Å². The summed E-state index contributed by atoms with van der Waals surface area (Å²) in [7, 11) is 0. The van der Waals surface area contributed by atoms with Gasteiger partial charge in [-0.25, -0.2) is 0 Å². The molecule has 0 saturated carbocycles. The van der Waals surface area contributed by atoms with Gasteiger partial charge in [-0.2, -0.15) is 0 Å². The summed E-state index contributed by atoms with van der Waals surface area (Å²) in [6, 6.07) is -1.19. The lowest BCUT2D eigenvalue weighted by Crippen LogP contribution is -2.60. The molecule has 1 fully saturated rings. The van der Waals surface area contributed by atoms with E-state index in [2.05, 4.69) is 43.5 Å². The van der Waals surface area contributed by atoms with Gasteiger partial charge in [0.1, 0.15) is 36.6 Å². The van der Waals surface area contributed by atoms with Gasteiger partial charge in [0.15, 0.2) is 6.29 Å². The third-order valence-corrected chi connectivity index (χ3v) is 13.0. The number of aliphatic hydroxyl groups excluding tert-OH is 7. The molecule has 0 aromatic carbocycles. The Morgan fingerprint density at radius 3 is 1.38 bits per heavy atom. The normalized spacial score (nSPS) is 21.2. The van der Waals surface area contributed by atoms with E-state index >= 15 is 0 Å². The van der Waals surface area contributed by atoms with E-state index in [1.807, 2.05) is 0 Å². The lowest BCUT2D eigenvalue weighted by molar-refractivity contribution is -0.303. The zero-order chi connectivity index (χ0) is 46.9. The van der Waals surface area contributed by atoms with Gasteiger partial charge >= 0.3 is 0 Å². The number of rotatable bonds is 45.